The van der Waals surface area contributed by atoms with E-state index in [-0.39, 0.29) is 17.0 Å². The topological polar surface area (TPSA) is 112 Å². The number of nitro groups is 1. The van der Waals surface area contributed by atoms with Crippen LogP contribution in [0.25, 0.3) is 0 Å². The third kappa shape index (κ3) is 4.97. The van der Waals surface area contributed by atoms with E-state index in [1.54, 1.807) is 12.1 Å². The lowest BCUT2D eigenvalue weighted by molar-refractivity contribution is -0.384. The molecule has 0 saturated carbocycles. The summed E-state index contributed by atoms with van der Waals surface area (Å²) in [4.78, 5) is 22.7. The number of hydrogen-bond donors (Lipinski definition) is 1. The van der Waals surface area contributed by atoms with Crippen molar-refractivity contribution in [2.75, 3.05) is 20.8 Å². The summed E-state index contributed by atoms with van der Waals surface area (Å²) in [6, 6.07) is 7.17. The van der Waals surface area contributed by atoms with Gasteiger partial charge in [-0.25, -0.2) is 5.43 Å². The molecule has 0 atom stereocenters. The van der Waals surface area contributed by atoms with Gasteiger partial charge >= 0.3 is 0 Å². The van der Waals surface area contributed by atoms with E-state index in [0.717, 1.165) is 6.07 Å². The van der Waals surface area contributed by atoms with Gasteiger partial charge in [0.05, 0.1) is 42.0 Å². The highest BCUT2D eigenvalue weighted by Gasteiger charge is 2.17. The molecule has 0 aromatic heterocycles. The molecule has 0 aliphatic heterocycles. The van der Waals surface area contributed by atoms with Gasteiger partial charge in [0, 0.05) is 12.1 Å². The fourth-order valence-corrected chi connectivity index (χ4v) is 2.89. The summed E-state index contributed by atoms with van der Waals surface area (Å²) in [5.74, 6) is 0.620. The standard InChI is InChI=1S/C18H18BrN3O6/c1-4-28-17-14(19)7-11(8-16(17)27-3)10-20-21-18(23)13-9-12(22(24)25)5-6-15(13)26-2/h5-10H,4H2,1-3H3,(H,21,23)/b20-10-. The van der Waals surface area contributed by atoms with Gasteiger partial charge in [0.15, 0.2) is 11.5 Å². The lowest BCUT2D eigenvalue weighted by Gasteiger charge is -2.12. The molecule has 10 heteroatoms. The molecular weight excluding hydrogens is 434 g/mol. The highest BCUT2D eigenvalue weighted by Crippen LogP contribution is 2.36. The molecule has 0 unspecified atom stereocenters. The average molecular weight is 452 g/mol. The van der Waals surface area contributed by atoms with E-state index in [1.807, 2.05) is 6.92 Å². The number of carbonyl (C=O) groups excluding carboxylic acids is 1. The van der Waals surface area contributed by atoms with Gasteiger partial charge < -0.3 is 14.2 Å². The first-order chi connectivity index (χ1) is 13.4. The maximum absolute atomic E-state index is 12.3. The van der Waals surface area contributed by atoms with Crippen LogP contribution in [0.15, 0.2) is 39.9 Å². The predicted molar refractivity (Wildman–Crippen MR) is 107 cm³/mol. The summed E-state index contributed by atoms with van der Waals surface area (Å²) in [5.41, 5.74) is 2.74. The summed E-state index contributed by atoms with van der Waals surface area (Å²) < 4.78 is 16.6. The molecule has 0 bridgehead atoms. The van der Waals surface area contributed by atoms with E-state index in [0.29, 0.717) is 28.1 Å². The number of benzene rings is 2. The van der Waals surface area contributed by atoms with E-state index in [4.69, 9.17) is 14.2 Å². The Labute approximate surface area is 169 Å². The Bertz CT molecular complexity index is 916. The van der Waals surface area contributed by atoms with E-state index in [1.165, 1.54) is 32.6 Å². The van der Waals surface area contributed by atoms with Gasteiger partial charge in [-0.3, -0.25) is 14.9 Å². The first kappa shape index (κ1) is 21.2. The van der Waals surface area contributed by atoms with Gasteiger partial charge in [0.25, 0.3) is 11.6 Å². The van der Waals surface area contributed by atoms with Crippen LogP contribution in [0.2, 0.25) is 0 Å². The zero-order chi connectivity index (χ0) is 20.7. The maximum atomic E-state index is 12.3. The second kappa shape index (κ2) is 9.70. The van der Waals surface area contributed by atoms with Crippen LogP contribution < -0.4 is 19.6 Å². The number of nitrogens with zero attached hydrogens (tertiary/aromatic N) is 2. The maximum Gasteiger partial charge on any atom is 0.275 e. The molecule has 2 aromatic carbocycles. The molecule has 0 radical (unpaired) electrons. The fourth-order valence-electron chi connectivity index (χ4n) is 2.31. The summed E-state index contributed by atoms with van der Waals surface area (Å²) in [6.45, 7) is 2.34. The number of hydrogen-bond acceptors (Lipinski definition) is 7. The molecule has 1 amide bonds. The summed E-state index contributed by atoms with van der Waals surface area (Å²) in [7, 11) is 2.88. The lowest BCUT2D eigenvalue weighted by atomic mass is 10.1. The van der Waals surface area contributed by atoms with E-state index in [9.17, 15) is 14.9 Å². The minimum Gasteiger partial charge on any atom is -0.496 e. The number of rotatable bonds is 8. The molecule has 0 fully saturated rings. The van der Waals surface area contributed by atoms with Crippen molar-refractivity contribution in [3.8, 4) is 17.2 Å². The molecule has 148 valence electrons. The Hall–Kier alpha value is -3.14. The third-order valence-corrected chi connectivity index (χ3v) is 4.15. The van der Waals surface area contributed by atoms with Crippen molar-refractivity contribution in [2.24, 2.45) is 5.10 Å². The first-order valence-electron chi connectivity index (χ1n) is 8.07. The van der Waals surface area contributed by atoms with Gasteiger partial charge in [-0.15, -0.1) is 0 Å². The SMILES string of the molecule is CCOc1c(Br)cc(/C=N\NC(=O)c2cc([N+](=O)[O-])ccc2OC)cc1OC. The second-order valence-corrected chi connectivity index (χ2v) is 6.16. The molecule has 0 spiro atoms. The van der Waals surface area contributed by atoms with Crippen molar-refractivity contribution >= 4 is 33.7 Å². The number of nitro benzene ring substituents is 1. The van der Waals surface area contributed by atoms with E-state index in [2.05, 4.69) is 26.5 Å². The van der Waals surface area contributed by atoms with Gasteiger partial charge in [-0.1, -0.05) is 0 Å². The van der Waals surface area contributed by atoms with Crippen LogP contribution in [0.3, 0.4) is 0 Å². The quantitative estimate of drug-likeness (QED) is 0.373. The normalized spacial score (nSPS) is 10.6. The van der Waals surface area contributed by atoms with Crippen LogP contribution in [0, 0.1) is 10.1 Å². The van der Waals surface area contributed by atoms with Crippen molar-refractivity contribution in [3.05, 3.63) is 56.0 Å². The van der Waals surface area contributed by atoms with E-state index >= 15 is 0 Å². The zero-order valence-corrected chi connectivity index (χ0v) is 17.0. The Balaban J connectivity index is 2.21. The van der Waals surface area contributed by atoms with Gasteiger partial charge in [-0.2, -0.15) is 5.10 Å². The third-order valence-electron chi connectivity index (χ3n) is 3.56. The van der Waals surface area contributed by atoms with Crippen molar-refractivity contribution in [2.45, 2.75) is 6.92 Å². The van der Waals surface area contributed by atoms with Gasteiger partial charge in [-0.05, 0) is 46.6 Å². The number of non-ortho nitro benzene ring substituents is 1. The molecule has 2 aromatic rings. The highest BCUT2D eigenvalue weighted by molar-refractivity contribution is 9.10. The molecule has 0 heterocycles. The van der Waals surface area contributed by atoms with Crippen LogP contribution in [0.4, 0.5) is 5.69 Å². The predicted octanol–water partition coefficient (Wildman–Crippen LogP) is 3.54. The number of hydrazone groups is 1. The van der Waals surface area contributed by atoms with Crippen LogP contribution in [-0.4, -0.2) is 37.9 Å². The fraction of sp³-hybridized carbons (Fsp3) is 0.222. The molecule has 0 saturated heterocycles. The van der Waals surface area contributed by atoms with Gasteiger partial charge in [0.1, 0.15) is 5.75 Å². The number of methoxy groups -OCH3 is 2. The molecule has 28 heavy (non-hydrogen) atoms. The van der Waals surface area contributed by atoms with Crippen molar-refractivity contribution in [1.29, 1.82) is 0 Å². The zero-order valence-electron chi connectivity index (χ0n) is 15.4. The summed E-state index contributed by atoms with van der Waals surface area (Å²) >= 11 is 3.40. The monoisotopic (exact) mass is 451 g/mol. The minimum absolute atomic E-state index is 0.000644. The molecule has 9 nitrogen and oxygen atoms in total. The van der Waals surface area contributed by atoms with Crippen molar-refractivity contribution in [3.63, 3.8) is 0 Å². The molecule has 1 N–H and O–H groups in total. The van der Waals surface area contributed by atoms with E-state index < -0.39 is 10.8 Å². The minimum atomic E-state index is -0.645. The molecule has 0 aliphatic carbocycles. The smallest absolute Gasteiger partial charge is 0.275 e. The van der Waals surface area contributed by atoms with Crippen molar-refractivity contribution < 1.29 is 23.9 Å². The molecule has 0 aliphatic rings. The number of carbonyl (C=O) groups is 1. The van der Waals surface area contributed by atoms with Crippen LogP contribution in [0.1, 0.15) is 22.8 Å². The number of nitrogens with one attached hydrogen (secondary N) is 1. The number of ether oxygens (including phenoxy) is 3. The van der Waals surface area contributed by atoms with Crippen molar-refractivity contribution in [1.82, 2.24) is 5.43 Å². The Morgan fingerprint density at radius 1 is 1.25 bits per heavy atom. The molecule has 2 rings (SSSR count). The van der Waals surface area contributed by atoms with Crippen LogP contribution in [-0.2, 0) is 0 Å². The van der Waals surface area contributed by atoms with Crippen LogP contribution in [0.5, 0.6) is 17.2 Å². The summed E-state index contributed by atoms with van der Waals surface area (Å²) in [6.07, 6.45) is 1.41. The largest absolute Gasteiger partial charge is 0.496 e. The highest BCUT2D eigenvalue weighted by atomic mass is 79.9. The number of amides is 1. The average Bonchev–Trinajstić information content (AvgIpc) is 2.69. The molecular formula is C18H18BrN3O6. The summed E-state index contributed by atoms with van der Waals surface area (Å²) in [5, 5.41) is 14.8. The van der Waals surface area contributed by atoms with Crippen LogP contribution >= 0.6 is 15.9 Å². The lowest BCUT2D eigenvalue weighted by Crippen LogP contribution is -2.18. The Kier molecular flexibility index (Phi) is 7.33. The Morgan fingerprint density at radius 3 is 2.57 bits per heavy atom. The second-order valence-electron chi connectivity index (χ2n) is 5.31. The Morgan fingerprint density at radius 2 is 1.96 bits per heavy atom. The first-order valence-corrected chi connectivity index (χ1v) is 8.86. The van der Waals surface area contributed by atoms with Gasteiger partial charge in [0.2, 0.25) is 0 Å². The number of halogens is 1.